The van der Waals surface area contributed by atoms with E-state index in [1.807, 2.05) is 0 Å². The highest BCUT2D eigenvalue weighted by Crippen LogP contribution is 2.23. The third-order valence-corrected chi connectivity index (χ3v) is 3.39. The average Bonchev–Trinajstić information content (AvgIpc) is 2.83. The Kier molecular flexibility index (Phi) is 3.17. The number of carboxylic acids is 1. The zero-order chi connectivity index (χ0) is 15.9. The van der Waals surface area contributed by atoms with E-state index in [0.717, 1.165) is 6.07 Å². The second-order valence-electron chi connectivity index (χ2n) is 4.77. The number of H-pyrrole nitrogens is 1. The molecule has 2 aromatic heterocycles. The molecule has 0 aliphatic carbocycles. The molecule has 22 heavy (non-hydrogen) atoms. The lowest BCUT2D eigenvalue weighted by Gasteiger charge is -2.05. The first-order valence-corrected chi connectivity index (χ1v) is 6.51. The molecule has 0 amide bonds. The van der Waals surface area contributed by atoms with Gasteiger partial charge < -0.3 is 14.8 Å². The van der Waals surface area contributed by atoms with Gasteiger partial charge in [-0.3, -0.25) is 4.79 Å². The molecule has 2 heterocycles. The number of benzene rings is 1. The van der Waals surface area contributed by atoms with E-state index in [1.54, 1.807) is 38.3 Å². The smallest absolute Gasteiger partial charge is 0.336 e. The number of nitrogens with one attached hydrogen (secondary N) is 1. The highest BCUT2D eigenvalue weighted by Gasteiger charge is 2.18. The minimum Gasteiger partial charge on any atom is -0.497 e. The quantitative estimate of drug-likeness (QED) is 0.767. The first-order valence-electron chi connectivity index (χ1n) is 6.51. The van der Waals surface area contributed by atoms with Gasteiger partial charge in [-0.2, -0.15) is 5.10 Å². The average molecular weight is 299 g/mol. The summed E-state index contributed by atoms with van der Waals surface area (Å²) in [5.41, 5.74) is 1.03. The van der Waals surface area contributed by atoms with E-state index in [0.29, 0.717) is 28.2 Å². The summed E-state index contributed by atoms with van der Waals surface area (Å²) in [6.07, 6.45) is 0. The van der Waals surface area contributed by atoms with Gasteiger partial charge in [0.2, 0.25) is 5.56 Å². The van der Waals surface area contributed by atoms with Gasteiger partial charge in [0.1, 0.15) is 11.4 Å². The van der Waals surface area contributed by atoms with Crippen LogP contribution in [-0.4, -0.2) is 33.0 Å². The first kappa shape index (κ1) is 13.9. The van der Waals surface area contributed by atoms with Crippen LogP contribution in [0.2, 0.25) is 0 Å². The number of fused-ring (bicyclic) bond motifs is 1. The van der Waals surface area contributed by atoms with Crippen molar-refractivity contribution in [3.8, 4) is 11.4 Å². The van der Waals surface area contributed by atoms with E-state index >= 15 is 0 Å². The van der Waals surface area contributed by atoms with E-state index in [1.165, 1.54) is 4.68 Å². The molecule has 112 valence electrons. The molecule has 1 aromatic carbocycles. The van der Waals surface area contributed by atoms with E-state index in [4.69, 9.17) is 4.74 Å². The standard InChI is InChI=1S/C15H13N3O4/c1-8-13-11(15(20)21)7-12(19)16-14(13)18(17-8)9-3-5-10(22-2)6-4-9/h3-7H,1-2H3,(H,16,19)(H,20,21). The number of carboxylic acid groups (broad SMARTS) is 1. The van der Waals surface area contributed by atoms with Crippen molar-refractivity contribution in [2.45, 2.75) is 6.92 Å². The highest BCUT2D eigenvalue weighted by molar-refractivity contribution is 6.02. The van der Waals surface area contributed by atoms with Gasteiger partial charge in [-0.15, -0.1) is 0 Å². The number of rotatable bonds is 3. The van der Waals surface area contributed by atoms with Crippen molar-refractivity contribution in [2.75, 3.05) is 7.11 Å². The Morgan fingerprint density at radius 1 is 1.32 bits per heavy atom. The van der Waals surface area contributed by atoms with Crippen LogP contribution < -0.4 is 10.3 Å². The number of aromatic carboxylic acids is 1. The topological polar surface area (TPSA) is 97.2 Å². The van der Waals surface area contributed by atoms with Crippen LogP contribution in [0.1, 0.15) is 16.1 Å². The summed E-state index contributed by atoms with van der Waals surface area (Å²) in [5.74, 6) is -0.467. The number of hydrogen-bond acceptors (Lipinski definition) is 4. The lowest BCUT2D eigenvalue weighted by molar-refractivity contribution is 0.0698. The van der Waals surface area contributed by atoms with Gasteiger partial charge in [-0.1, -0.05) is 0 Å². The van der Waals surface area contributed by atoms with Crippen LogP contribution >= 0.6 is 0 Å². The number of nitrogens with zero attached hydrogens (tertiary/aromatic N) is 2. The monoisotopic (exact) mass is 299 g/mol. The van der Waals surface area contributed by atoms with Crippen LogP contribution in [0.5, 0.6) is 5.75 Å². The van der Waals surface area contributed by atoms with Crippen molar-refractivity contribution in [3.05, 3.63) is 51.9 Å². The summed E-state index contributed by atoms with van der Waals surface area (Å²) in [6, 6.07) is 8.14. The zero-order valence-electron chi connectivity index (χ0n) is 12.0. The predicted octanol–water partition coefficient (Wildman–Crippen LogP) is 1.73. The Morgan fingerprint density at radius 3 is 2.59 bits per heavy atom. The number of carbonyl (C=O) groups is 1. The van der Waals surface area contributed by atoms with Crippen molar-refractivity contribution < 1.29 is 14.6 Å². The lowest BCUT2D eigenvalue weighted by Crippen LogP contribution is -2.11. The van der Waals surface area contributed by atoms with Gasteiger partial charge in [-0.05, 0) is 31.2 Å². The minimum absolute atomic E-state index is 0.0592. The van der Waals surface area contributed by atoms with E-state index < -0.39 is 11.5 Å². The van der Waals surface area contributed by atoms with Crippen LogP contribution in [0.3, 0.4) is 0 Å². The molecule has 7 heteroatoms. The SMILES string of the molecule is COc1ccc(-n2nc(C)c3c(C(=O)O)cc(=O)[nH]c32)cc1. The summed E-state index contributed by atoms with van der Waals surface area (Å²) < 4.78 is 6.61. The predicted molar refractivity (Wildman–Crippen MR) is 79.9 cm³/mol. The highest BCUT2D eigenvalue weighted by atomic mass is 16.5. The van der Waals surface area contributed by atoms with Gasteiger partial charge in [-0.25, -0.2) is 9.48 Å². The van der Waals surface area contributed by atoms with Crippen LogP contribution in [-0.2, 0) is 0 Å². The molecule has 0 unspecified atom stereocenters. The van der Waals surface area contributed by atoms with Crippen LogP contribution in [0.25, 0.3) is 16.7 Å². The zero-order valence-corrected chi connectivity index (χ0v) is 12.0. The van der Waals surface area contributed by atoms with Crippen LogP contribution in [0.15, 0.2) is 35.1 Å². The normalized spacial score (nSPS) is 10.8. The Morgan fingerprint density at radius 2 is 2.00 bits per heavy atom. The van der Waals surface area contributed by atoms with E-state index in [-0.39, 0.29) is 5.56 Å². The fourth-order valence-corrected chi connectivity index (χ4v) is 2.40. The maximum Gasteiger partial charge on any atom is 0.336 e. The molecule has 0 aliphatic heterocycles. The van der Waals surface area contributed by atoms with Crippen molar-refractivity contribution in [2.24, 2.45) is 0 Å². The molecule has 0 saturated carbocycles. The number of aromatic nitrogens is 3. The van der Waals surface area contributed by atoms with Crippen molar-refractivity contribution in [1.29, 1.82) is 0 Å². The molecule has 0 atom stereocenters. The van der Waals surface area contributed by atoms with Gasteiger partial charge in [0.05, 0.1) is 29.4 Å². The van der Waals surface area contributed by atoms with Crippen molar-refractivity contribution in [3.63, 3.8) is 0 Å². The molecule has 2 N–H and O–H groups in total. The fraction of sp³-hybridized carbons (Fsp3) is 0.133. The number of ether oxygens (including phenoxy) is 1. The maximum atomic E-state index is 11.7. The Bertz CT molecular complexity index is 922. The lowest BCUT2D eigenvalue weighted by atomic mass is 10.1. The summed E-state index contributed by atoms with van der Waals surface area (Å²) >= 11 is 0. The molecule has 3 rings (SSSR count). The minimum atomic E-state index is -1.16. The van der Waals surface area contributed by atoms with Crippen molar-refractivity contribution in [1.82, 2.24) is 14.8 Å². The third-order valence-electron chi connectivity index (χ3n) is 3.39. The summed E-state index contributed by atoms with van der Waals surface area (Å²) in [5, 5.41) is 14.0. The molecule has 0 bridgehead atoms. The molecule has 0 radical (unpaired) electrons. The van der Waals surface area contributed by atoms with Gasteiger partial charge in [0, 0.05) is 6.07 Å². The fourth-order valence-electron chi connectivity index (χ4n) is 2.40. The van der Waals surface area contributed by atoms with Crippen molar-refractivity contribution >= 4 is 17.0 Å². The second-order valence-corrected chi connectivity index (χ2v) is 4.77. The van der Waals surface area contributed by atoms with Crippen LogP contribution in [0.4, 0.5) is 0 Å². The number of pyridine rings is 1. The summed E-state index contributed by atoms with van der Waals surface area (Å²) in [4.78, 5) is 25.7. The Labute approximate surface area is 124 Å². The molecule has 0 saturated heterocycles. The maximum absolute atomic E-state index is 11.7. The number of hydrogen-bond donors (Lipinski definition) is 2. The molecular formula is C15H13N3O4. The number of aryl methyl sites for hydroxylation is 1. The van der Waals surface area contributed by atoms with Gasteiger partial charge in [0.25, 0.3) is 0 Å². The number of methoxy groups -OCH3 is 1. The van der Waals surface area contributed by atoms with E-state index in [2.05, 4.69) is 10.1 Å². The summed E-state index contributed by atoms with van der Waals surface area (Å²) in [7, 11) is 1.57. The Hall–Kier alpha value is -3.09. The molecule has 0 fully saturated rings. The molecule has 0 spiro atoms. The summed E-state index contributed by atoms with van der Waals surface area (Å²) in [6.45, 7) is 1.70. The molecule has 0 aliphatic rings. The largest absolute Gasteiger partial charge is 0.497 e. The first-order chi connectivity index (χ1) is 10.5. The molecule has 3 aromatic rings. The van der Waals surface area contributed by atoms with Crippen LogP contribution in [0, 0.1) is 6.92 Å². The Balaban J connectivity index is 2.31. The van der Waals surface area contributed by atoms with Gasteiger partial charge in [0.15, 0.2) is 0 Å². The van der Waals surface area contributed by atoms with E-state index in [9.17, 15) is 14.7 Å². The second kappa shape index (κ2) is 5.03. The third kappa shape index (κ3) is 2.12. The van der Waals surface area contributed by atoms with Gasteiger partial charge >= 0.3 is 5.97 Å². The number of aromatic amines is 1. The molecule has 7 nitrogen and oxygen atoms in total. The molecular weight excluding hydrogens is 286 g/mol.